The van der Waals surface area contributed by atoms with Crippen LogP contribution in [-0.4, -0.2) is 14.8 Å². The fraction of sp³-hybridized carbons (Fsp3) is 0.200. The number of nitrogens with zero attached hydrogens (tertiary/aromatic N) is 3. The maximum absolute atomic E-state index is 12.9. The highest BCUT2D eigenvalue weighted by Crippen LogP contribution is 2.36. The predicted molar refractivity (Wildman–Crippen MR) is 61.1 cm³/mol. The molecule has 2 aromatic rings. The molecular weight excluding hydrogens is 290 g/mol. The van der Waals surface area contributed by atoms with Gasteiger partial charge in [0.05, 0.1) is 11.3 Å². The lowest BCUT2D eigenvalue weighted by molar-refractivity contribution is -0.137. The second kappa shape index (κ2) is 4.44. The second-order valence-corrected chi connectivity index (χ2v) is 4.29. The normalized spacial score (nSPS) is 11.9. The van der Waals surface area contributed by atoms with Gasteiger partial charge in [-0.15, -0.1) is 10.2 Å². The molecule has 0 aliphatic heterocycles. The van der Waals surface area contributed by atoms with Crippen LogP contribution in [0.4, 0.5) is 13.2 Å². The van der Waals surface area contributed by atoms with Crippen molar-refractivity contribution in [3.05, 3.63) is 39.9 Å². The Morgan fingerprint density at radius 3 is 2.33 bits per heavy atom. The van der Waals surface area contributed by atoms with Gasteiger partial charge in [-0.05, 0) is 36.7 Å². The average molecular weight is 296 g/mol. The summed E-state index contributed by atoms with van der Waals surface area (Å²) in [6.07, 6.45) is -4.54. The summed E-state index contributed by atoms with van der Waals surface area (Å²) in [5.74, 6) is 0.257. The van der Waals surface area contributed by atoms with Gasteiger partial charge in [0, 0.05) is 5.02 Å². The molecule has 0 atom stereocenters. The van der Waals surface area contributed by atoms with Crippen LogP contribution in [-0.2, 0) is 6.18 Å². The van der Waals surface area contributed by atoms with Gasteiger partial charge in [0.25, 0.3) is 0 Å². The third kappa shape index (κ3) is 2.30. The lowest BCUT2D eigenvalue weighted by atomic mass is 10.1. The van der Waals surface area contributed by atoms with Gasteiger partial charge in [-0.3, -0.25) is 4.57 Å². The summed E-state index contributed by atoms with van der Waals surface area (Å²) in [7, 11) is 0. The molecule has 2 rings (SSSR count). The van der Waals surface area contributed by atoms with Crippen molar-refractivity contribution >= 4 is 23.2 Å². The molecule has 96 valence electrons. The van der Waals surface area contributed by atoms with Gasteiger partial charge in [-0.1, -0.05) is 11.6 Å². The van der Waals surface area contributed by atoms with Crippen LogP contribution in [0.3, 0.4) is 0 Å². The van der Waals surface area contributed by atoms with Crippen molar-refractivity contribution in [3.63, 3.8) is 0 Å². The standard InChI is InChI=1S/C10H6Cl2F3N3/c1-5-16-17-9(12)18(5)8-3-2-6(11)4-7(8)10(13,14)15/h2-4H,1H3. The van der Waals surface area contributed by atoms with Crippen molar-refractivity contribution < 1.29 is 13.2 Å². The molecule has 0 aliphatic rings. The zero-order valence-corrected chi connectivity index (χ0v) is 10.5. The molecule has 0 radical (unpaired) electrons. The number of halogens is 5. The first kappa shape index (κ1) is 13.2. The summed E-state index contributed by atoms with van der Waals surface area (Å²) < 4.78 is 39.9. The third-order valence-electron chi connectivity index (χ3n) is 2.29. The van der Waals surface area contributed by atoms with Gasteiger partial charge in [-0.25, -0.2) is 0 Å². The van der Waals surface area contributed by atoms with Gasteiger partial charge in [-0.2, -0.15) is 13.2 Å². The van der Waals surface area contributed by atoms with E-state index in [0.29, 0.717) is 0 Å². The van der Waals surface area contributed by atoms with E-state index in [9.17, 15) is 13.2 Å². The number of aromatic nitrogens is 3. The van der Waals surface area contributed by atoms with Gasteiger partial charge in [0.1, 0.15) is 5.82 Å². The predicted octanol–water partition coefficient (Wildman–Crippen LogP) is 3.90. The highest BCUT2D eigenvalue weighted by molar-refractivity contribution is 6.30. The van der Waals surface area contributed by atoms with E-state index < -0.39 is 11.7 Å². The topological polar surface area (TPSA) is 30.7 Å². The zero-order valence-electron chi connectivity index (χ0n) is 8.96. The van der Waals surface area contributed by atoms with E-state index in [2.05, 4.69) is 10.2 Å². The second-order valence-electron chi connectivity index (χ2n) is 3.51. The summed E-state index contributed by atoms with van der Waals surface area (Å²) >= 11 is 11.3. The maximum atomic E-state index is 12.9. The first-order valence-electron chi connectivity index (χ1n) is 4.75. The quantitative estimate of drug-likeness (QED) is 0.799. The van der Waals surface area contributed by atoms with E-state index in [-0.39, 0.29) is 21.8 Å². The van der Waals surface area contributed by atoms with E-state index in [4.69, 9.17) is 23.2 Å². The van der Waals surface area contributed by atoms with Crippen molar-refractivity contribution in [1.82, 2.24) is 14.8 Å². The van der Waals surface area contributed by atoms with Crippen molar-refractivity contribution in [1.29, 1.82) is 0 Å². The molecule has 0 saturated heterocycles. The lowest BCUT2D eigenvalue weighted by Gasteiger charge is -2.14. The molecule has 0 fully saturated rings. The van der Waals surface area contributed by atoms with Crippen LogP contribution in [0.2, 0.25) is 10.3 Å². The molecule has 0 saturated carbocycles. The van der Waals surface area contributed by atoms with Crippen LogP contribution >= 0.6 is 23.2 Å². The Bertz CT molecular complexity index is 573. The number of aryl methyl sites for hydroxylation is 1. The highest BCUT2D eigenvalue weighted by atomic mass is 35.5. The number of hydrogen-bond donors (Lipinski definition) is 0. The summed E-state index contributed by atoms with van der Waals surface area (Å²) in [5, 5.41) is 6.99. The van der Waals surface area contributed by atoms with E-state index in [1.54, 1.807) is 0 Å². The molecule has 18 heavy (non-hydrogen) atoms. The SMILES string of the molecule is Cc1nnc(Cl)n1-c1ccc(Cl)cc1C(F)(F)F. The molecule has 1 aromatic heterocycles. The number of rotatable bonds is 1. The van der Waals surface area contributed by atoms with Crippen LogP contribution in [0.15, 0.2) is 18.2 Å². The number of benzene rings is 1. The number of alkyl halides is 3. The molecule has 0 aliphatic carbocycles. The molecule has 1 aromatic carbocycles. The van der Waals surface area contributed by atoms with Gasteiger partial charge in [0.2, 0.25) is 5.28 Å². The first-order valence-corrected chi connectivity index (χ1v) is 5.51. The molecular formula is C10H6Cl2F3N3. The van der Waals surface area contributed by atoms with Crippen LogP contribution < -0.4 is 0 Å². The zero-order chi connectivity index (χ0) is 13.5. The average Bonchev–Trinajstić information content (AvgIpc) is 2.58. The van der Waals surface area contributed by atoms with E-state index >= 15 is 0 Å². The van der Waals surface area contributed by atoms with E-state index in [1.165, 1.54) is 19.1 Å². The minimum absolute atomic E-state index is 0.00655. The van der Waals surface area contributed by atoms with Crippen molar-refractivity contribution in [2.24, 2.45) is 0 Å². The van der Waals surface area contributed by atoms with Crippen molar-refractivity contribution in [3.8, 4) is 5.69 Å². The summed E-state index contributed by atoms with van der Waals surface area (Å²) in [4.78, 5) is 0. The molecule has 0 N–H and O–H groups in total. The van der Waals surface area contributed by atoms with Gasteiger partial charge >= 0.3 is 6.18 Å². The molecule has 0 spiro atoms. The van der Waals surface area contributed by atoms with E-state index in [1.807, 2.05) is 0 Å². The van der Waals surface area contributed by atoms with Crippen LogP contribution in [0.1, 0.15) is 11.4 Å². The van der Waals surface area contributed by atoms with E-state index in [0.717, 1.165) is 10.6 Å². The van der Waals surface area contributed by atoms with Gasteiger partial charge in [0.15, 0.2) is 0 Å². The van der Waals surface area contributed by atoms with Gasteiger partial charge < -0.3 is 0 Å². The Balaban J connectivity index is 2.73. The van der Waals surface area contributed by atoms with Crippen molar-refractivity contribution in [2.45, 2.75) is 13.1 Å². The van der Waals surface area contributed by atoms with Crippen molar-refractivity contribution in [2.75, 3.05) is 0 Å². The Kier molecular flexibility index (Phi) is 3.25. The Hall–Kier alpha value is -1.27. The fourth-order valence-electron chi connectivity index (χ4n) is 1.54. The van der Waals surface area contributed by atoms with Crippen LogP contribution in [0.25, 0.3) is 5.69 Å². The van der Waals surface area contributed by atoms with Crippen LogP contribution in [0.5, 0.6) is 0 Å². The molecule has 0 unspecified atom stereocenters. The highest BCUT2D eigenvalue weighted by Gasteiger charge is 2.35. The third-order valence-corrected chi connectivity index (χ3v) is 2.77. The minimum Gasteiger partial charge on any atom is -0.269 e. The monoisotopic (exact) mass is 295 g/mol. The summed E-state index contributed by atoms with van der Waals surface area (Å²) in [6, 6.07) is 3.42. The smallest absolute Gasteiger partial charge is 0.269 e. The lowest BCUT2D eigenvalue weighted by Crippen LogP contribution is -2.11. The molecule has 1 heterocycles. The minimum atomic E-state index is -4.54. The Morgan fingerprint density at radius 1 is 1.17 bits per heavy atom. The summed E-state index contributed by atoms with van der Waals surface area (Å²) in [6.45, 7) is 1.51. The molecule has 0 amide bonds. The number of hydrogen-bond acceptors (Lipinski definition) is 2. The van der Waals surface area contributed by atoms with Crippen LogP contribution in [0, 0.1) is 6.92 Å². The molecule has 8 heteroatoms. The molecule has 3 nitrogen and oxygen atoms in total. The fourth-order valence-corrected chi connectivity index (χ4v) is 1.96. The maximum Gasteiger partial charge on any atom is 0.418 e. The molecule has 0 bridgehead atoms. The Morgan fingerprint density at radius 2 is 1.83 bits per heavy atom. The summed E-state index contributed by atoms with van der Waals surface area (Å²) in [5.41, 5.74) is -1.04. The Labute approximate surface area is 110 Å². The first-order chi connectivity index (χ1) is 8.30. The largest absolute Gasteiger partial charge is 0.418 e.